The van der Waals surface area contributed by atoms with Gasteiger partial charge in [0.2, 0.25) is 10.0 Å². The number of ether oxygens (including phenoxy) is 1. The molecule has 29 heavy (non-hydrogen) atoms. The number of nitrogens with zero attached hydrogens (tertiary/aromatic N) is 4. The van der Waals surface area contributed by atoms with Gasteiger partial charge in [-0.3, -0.25) is 0 Å². The number of hydrogen-bond acceptors (Lipinski definition) is 5. The Bertz CT molecular complexity index is 1150. The summed E-state index contributed by atoms with van der Waals surface area (Å²) in [5.74, 6) is -2.03. The molecule has 1 aromatic heterocycles. The van der Waals surface area contributed by atoms with Crippen LogP contribution in [-0.4, -0.2) is 62.0 Å². The van der Waals surface area contributed by atoms with E-state index < -0.39 is 27.4 Å². The van der Waals surface area contributed by atoms with Crippen LogP contribution >= 0.6 is 0 Å². The quantitative estimate of drug-likeness (QED) is 0.646. The van der Waals surface area contributed by atoms with E-state index in [1.165, 1.54) is 34.6 Å². The normalized spacial score (nSPS) is 15.8. The molecular weight excluding hydrogens is 402 g/mol. The Morgan fingerprint density at radius 1 is 1.03 bits per heavy atom. The predicted molar refractivity (Wildman–Crippen MR) is 106 cm³/mol. The van der Waals surface area contributed by atoms with Crippen LogP contribution in [0, 0.1) is 11.6 Å². The van der Waals surface area contributed by atoms with Crippen LogP contribution in [0.15, 0.2) is 36.5 Å². The maximum Gasteiger partial charge on any atom is 0.211 e. The minimum Gasteiger partial charge on any atom is -0.491 e. The number of anilines is 1. The molecule has 0 bridgehead atoms. The molecule has 1 aliphatic heterocycles. The van der Waals surface area contributed by atoms with Crippen molar-refractivity contribution in [3.05, 3.63) is 48.2 Å². The lowest BCUT2D eigenvalue weighted by Gasteiger charge is -2.34. The fourth-order valence-corrected chi connectivity index (χ4v) is 4.39. The first-order valence-corrected chi connectivity index (χ1v) is 10.8. The average molecular weight is 422 g/mol. The van der Waals surface area contributed by atoms with Crippen molar-refractivity contribution >= 4 is 26.6 Å². The number of halogens is 2. The van der Waals surface area contributed by atoms with Crippen molar-refractivity contribution in [2.24, 2.45) is 0 Å². The maximum absolute atomic E-state index is 14.7. The van der Waals surface area contributed by atoms with Gasteiger partial charge in [-0.1, -0.05) is 0 Å². The predicted octanol–water partition coefficient (Wildman–Crippen LogP) is 2.39. The van der Waals surface area contributed by atoms with E-state index in [-0.39, 0.29) is 5.52 Å². The van der Waals surface area contributed by atoms with Crippen molar-refractivity contribution in [3.8, 4) is 11.4 Å². The molecule has 4 rings (SSSR count). The van der Waals surface area contributed by atoms with Gasteiger partial charge in [-0.2, -0.15) is 9.40 Å². The molecule has 0 radical (unpaired) electrons. The summed E-state index contributed by atoms with van der Waals surface area (Å²) in [5.41, 5.74) is 1.69. The maximum atomic E-state index is 14.7. The van der Waals surface area contributed by atoms with Crippen molar-refractivity contribution in [3.63, 3.8) is 0 Å². The summed E-state index contributed by atoms with van der Waals surface area (Å²) in [4.78, 5) is 2.09. The van der Waals surface area contributed by atoms with Crippen LogP contribution in [0.2, 0.25) is 0 Å². The minimum absolute atomic E-state index is 0.137. The van der Waals surface area contributed by atoms with Crippen molar-refractivity contribution in [1.29, 1.82) is 0 Å². The smallest absolute Gasteiger partial charge is 0.211 e. The SMILES string of the molecule is COc1c(F)cc2cnn(-c3ccc(N4CCN(S(C)(=O)=O)CC4)cc3)c2c1F. The molecule has 0 amide bonds. The molecule has 2 aromatic carbocycles. The number of hydrogen-bond donors (Lipinski definition) is 0. The van der Waals surface area contributed by atoms with Crippen molar-refractivity contribution in [1.82, 2.24) is 14.1 Å². The first-order chi connectivity index (χ1) is 13.8. The van der Waals surface area contributed by atoms with Gasteiger partial charge in [-0.15, -0.1) is 0 Å². The molecule has 1 aliphatic rings. The lowest BCUT2D eigenvalue weighted by atomic mass is 10.2. The highest BCUT2D eigenvalue weighted by Crippen LogP contribution is 2.31. The molecule has 7 nitrogen and oxygen atoms in total. The number of sulfonamides is 1. The van der Waals surface area contributed by atoms with Gasteiger partial charge in [0, 0.05) is 37.3 Å². The lowest BCUT2D eigenvalue weighted by Crippen LogP contribution is -2.48. The lowest BCUT2D eigenvalue weighted by molar-refractivity contribution is 0.362. The van der Waals surface area contributed by atoms with E-state index >= 15 is 0 Å². The fourth-order valence-electron chi connectivity index (χ4n) is 3.57. The van der Waals surface area contributed by atoms with Gasteiger partial charge < -0.3 is 9.64 Å². The zero-order valence-corrected chi connectivity index (χ0v) is 16.8. The van der Waals surface area contributed by atoms with Crippen molar-refractivity contribution < 1.29 is 21.9 Å². The van der Waals surface area contributed by atoms with Crippen LogP contribution in [0.5, 0.6) is 5.75 Å². The summed E-state index contributed by atoms with van der Waals surface area (Å²) in [6, 6.07) is 8.52. The van der Waals surface area contributed by atoms with Crippen LogP contribution in [0.25, 0.3) is 16.6 Å². The van der Waals surface area contributed by atoms with E-state index in [4.69, 9.17) is 4.74 Å². The van der Waals surface area contributed by atoms with Crippen LogP contribution in [-0.2, 0) is 10.0 Å². The largest absolute Gasteiger partial charge is 0.491 e. The van der Waals surface area contributed by atoms with Crippen molar-refractivity contribution in [2.75, 3.05) is 44.4 Å². The number of piperazine rings is 1. The molecule has 0 N–H and O–H groups in total. The molecule has 0 atom stereocenters. The Labute approximate surface area is 167 Å². The van der Waals surface area contributed by atoms with Crippen LogP contribution in [0.1, 0.15) is 0 Å². The van der Waals surface area contributed by atoms with E-state index in [1.54, 1.807) is 12.1 Å². The molecule has 3 aromatic rings. The highest BCUT2D eigenvalue weighted by atomic mass is 32.2. The molecule has 154 valence electrons. The average Bonchev–Trinajstić information content (AvgIpc) is 3.12. The summed E-state index contributed by atoms with van der Waals surface area (Å²) < 4.78 is 59.6. The third kappa shape index (κ3) is 3.53. The highest BCUT2D eigenvalue weighted by molar-refractivity contribution is 7.88. The topological polar surface area (TPSA) is 67.7 Å². The zero-order chi connectivity index (χ0) is 20.8. The first kappa shape index (κ1) is 19.6. The molecule has 1 saturated heterocycles. The fraction of sp³-hybridized carbons (Fsp3) is 0.316. The van der Waals surface area contributed by atoms with Gasteiger partial charge in [0.05, 0.1) is 25.2 Å². The van der Waals surface area contributed by atoms with Crippen LogP contribution in [0.3, 0.4) is 0 Å². The minimum atomic E-state index is -3.18. The monoisotopic (exact) mass is 422 g/mol. The van der Waals surface area contributed by atoms with Gasteiger partial charge in [0.1, 0.15) is 5.52 Å². The summed E-state index contributed by atoms with van der Waals surface area (Å²) in [7, 11) is -1.96. The molecule has 0 spiro atoms. The number of benzene rings is 2. The summed E-state index contributed by atoms with van der Waals surface area (Å²) >= 11 is 0. The summed E-state index contributed by atoms with van der Waals surface area (Å²) in [6.45, 7) is 2.03. The second-order valence-corrected chi connectivity index (χ2v) is 8.85. The Kier molecular flexibility index (Phi) is 4.91. The van der Waals surface area contributed by atoms with Gasteiger partial charge in [-0.25, -0.2) is 21.9 Å². The third-order valence-electron chi connectivity index (χ3n) is 5.08. The van der Waals surface area contributed by atoms with E-state index in [1.807, 2.05) is 12.1 Å². The summed E-state index contributed by atoms with van der Waals surface area (Å²) in [5, 5.41) is 4.52. The zero-order valence-electron chi connectivity index (χ0n) is 16.0. The standard InChI is InChI=1S/C19H20F2N4O3S/c1-28-19-16(20)11-13-12-22-25(18(13)17(19)21)15-5-3-14(4-6-15)23-7-9-24(10-8-23)29(2,26)27/h3-6,11-12H,7-10H2,1-2H3. The van der Waals surface area contributed by atoms with Gasteiger partial charge in [-0.05, 0) is 30.3 Å². The second kappa shape index (κ2) is 7.27. The molecule has 1 fully saturated rings. The Morgan fingerprint density at radius 3 is 2.24 bits per heavy atom. The highest BCUT2D eigenvalue weighted by Gasteiger charge is 2.24. The second-order valence-electron chi connectivity index (χ2n) is 6.87. The molecule has 0 aliphatic carbocycles. The number of rotatable bonds is 4. The van der Waals surface area contributed by atoms with Crippen molar-refractivity contribution in [2.45, 2.75) is 0 Å². The molecule has 0 unspecified atom stereocenters. The van der Waals surface area contributed by atoms with E-state index in [0.717, 1.165) is 5.69 Å². The van der Waals surface area contributed by atoms with Gasteiger partial charge in [0.25, 0.3) is 0 Å². The Morgan fingerprint density at radius 2 is 1.66 bits per heavy atom. The van der Waals surface area contributed by atoms with Gasteiger partial charge in [0.15, 0.2) is 17.4 Å². The molecule has 2 heterocycles. The van der Waals surface area contributed by atoms with E-state index in [9.17, 15) is 17.2 Å². The first-order valence-electron chi connectivity index (χ1n) is 9.00. The number of fused-ring (bicyclic) bond motifs is 1. The Hall–Kier alpha value is -2.72. The molecular formula is C19H20F2N4O3S. The van der Waals surface area contributed by atoms with E-state index in [2.05, 4.69) is 10.00 Å². The number of methoxy groups -OCH3 is 1. The Balaban J connectivity index is 1.61. The molecule has 0 saturated carbocycles. The van der Waals surface area contributed by atoms with Crippen LogP contribution < -0.4 is 9.64 Å². The van der Waals surface area contributed by atoms with Crippen LogP contribution in [0.4, 0.5) is 14.5 Å². The number of aromatic nitrogens is 2. The van der Waals surface area contributed by atoms with E-state index in [0.29, 0.717) is 37.3 Å². The summed E-state index contributed by atoms with van der Waals surface area (Å²) in [6.07, 6.45) is 2.62. The van der Waals surface area contributed by atoms with Gasteiger partial charge >= 0.3 is 0 Å². The molecule has 10 heteroatoms. The third-order valence-corrected chi connectivity index (χ3v) is 6.38.